The molecule has 35 heavy (non-hydrogen) atoms. The van der Waals surface area contributed by atoms with Gasteiger partial charge >= 0.3 is 0 Å². The number of allylic oxidation sites excluding steroid dienone is 1. The van der Waals surface area contributed by atoms with Crippen LogP contribution >= 0.6 is 12.2 Å². The summed E-state index contributed by atoms with van der Waals surface area (Å²) in [6, 6.07) is 19.8. The monoisotopic (exact) mass is 488 g/mol. The van der Waals surface area contributed by atoms with Gasteiger partial charge in [0.2, 0.25) is 5.82 Å². The van der Waals surface area contributed by atoms with Gasteiger partial charge in [0, 0.05) is 16.9 Å². The number of hydrogen-bond donors (Lipinski definition) is 1. The molecule has 1 aliphatic heterocycles. The van der Waals surface area contributed by atoms with E-state index in [2.05, 4.69) is 34.5 Å². The molecule has 0 bridgehead atoms. The Morgan fingerprint density at radius 3 is 2.37 bits per heavy atom. The second-order valence-corrected chi connectivity index (χ2v) is 8.61. The highest BCUT2D eigenvalue weighted by atomic mass is 32.1. The molecule has 3 aromatic carbocycles. The molecule has 0 spiro atoms. The van der Waals surface area contributed by atoms with Crippen molar-refractivity contribution in [3.63, 3.8) is 0 Å². The first-order chi connectivity index (χ1) is 16.9. The second-order valence-electron chi connectivity index (χ2n) is 8.22. The quantitative estimate of drug-likeness (QED) is 0.326. The molecule has 1 aliphatic rings. The minimum Gasteiger partial charge on any atom is -0.351 e. The Bertz CT molecular complexity index is 1410. The number of benzene rings is 3. The van der Waals surface area contributed by atoms with E-state index in [1.54, 1.807) is 24.3 Å². The van der Waals surface area contributed by atoms with Crippen LogP contribution < -0.4 is 10.2 Å². The lowest BCUT2D eigenvalue weighted by molar-refractivity contribution is 0.404. The smallest absolute Gasteiger partial charge is 0.258 e. The van der Waals surface area contributed by atoms with Crippen LogP contribution in [0.1, 0.15) is 36.9 Å². The Balaban J connectivity index is 1.65. The van der Waals surface area contributed by atoms with E-state index in [-0.39, 0.29) is 11.6 Å². The molecule has 1 unspecified atom stereocenters. The number of thiocarbonyl (C=S) groups is 1. The Kier molecular flexibility index (Phi) is 6.13. The minimum absolute atomic E-state index is 0.294. The predicted octanol–water partition coefficient (Wildman–Crippen LogP) is 6.44. The Morgan fingerprint density at radius 2 is 1.69 bits per heavy atom. The normalized spacial score (nSPS) is 15.9. The van der Waals surface area contributed by atoms with Crippen LogP contribution in [0.2, 0.25) is 0 Å². The molecule has 0 aliphatic carbocycles. The highest BCUT2D eigenvalue weighted by Crippen LogP contribution is 2.39. The summed E-state index contributed by atoms with van der Waals surface area (Å²) >= 11 is 5.77. The molecule has 2 heterocycles. The lowest BCUT2D eigenvalue weighted by Gasteiger charge is -2.37. The van der Waals surface area contributed by atoms with Gasteiger partial charge in [0.25, 0.3) is 5.89 Å². The molecule has 1 aromatic heterocycles. The van der Waals surface area contributed by atoms with Crippen molar-refractivity contribution >= 4 is 28.6 Å². The number of nitrogens with one attached hydrogen (secondary N) is 1. The zero-order valence-electron chi connectivity index (χ0n) is 19.1. The molecule has 5 rings (SSSR count). The molecular weight excluding hydrogens is 466 g/mol. The van der Waals surface area contributed by atoms with Crippen LogP contribution in [0.5, 0.6) is 0 Å². The summed E-state index contributed by atoms with van der Waals surface area (Å²) in [5.41, 5.74) is 5.04. The third-order valence-corrected chi connectivity index (χ3v) is 6.32. The number of rotatable bonds is 5. The van der Waals surface area contributed by atoms with Gasteiger partial charge in [0.1, 0.15) is 11.6 Å². The average Bonchev–Trinajstić information content (AvgIpc) is 3.34. The van der Waals surface area contributed by atoms with Crippen molar-refractivity contribution in [3.05, 3.63) is 107 Å². The predicted molar refractivity (Wildman–Crippen MR) is 135 cm³/mol. The summed E-state index contributed by atoms with van der Waals surface area (Å²) in [4.78, 5) is 6.56. The van der Waals surface area contributed by atoms with Crippen LogP contribution in [0.15, 0.2) is 83.0 Å². The van der Waals surface area contributed by atoms with Gasteiger partial charge in [-0.1, -0.05) is 36.3 Å². The first-order valence-electron chi connectivity index (χ1n) is 11.2. The van der Waals surface area contributed by atoms with Crippen molar-refractivity contribution in [1.29, 1.82) is 0 Å². The molecule has 1 atom stereocenters. The molecular formula is C27H22F2N4OS. The highest BCUT2D eigenvalue weighted by molar-refractivity contribution is 7.80. The van der Waals surface area contributed by atoms with Crippen LogP contribution in [0.3, 0.4) is 0 Å². The van der Waals surface area contributed by atoms with Crippen molar-refractivity contribution in [1.82, 2.24) is 15.5 Å². The van der Waals surface area contributed by atoms with E-state index in [9.17, 15) is 8.78 Å². The fourth-order valence-corrected chi connectivity index (χ4v) is 4.56. The molecule has 1 N–H and O–H groups in total. The Hall–Kier alpha value is -3.91. The molecule has 8 heteroatoms. The summed E-state index contributed by atoms with van der Waals surface area (Å²) in [7, 11) is 0. The van der Waals surface area contributed by atoms with Gasteiger partial charge in [0.15, 0.2) is 5.11 Å². The zero-order valence-corrected chi connectivity index (χ0v) is 19.9. The second kappa shape index (κ2) is 9.38. The molecule has 5 nitrogen and oxygen atoms in total. The van der Waals surface area contributed by atoms with Crippen LogP contribution in [0.25, 0.3) is 17.0 Å². The van der Waals surface area contributed by atoms with E-state index in [0.29, 0.717) is 28.0 Å². The van der Waals surface area contributed by atoms with Gasteiger partial charge in [-0.2, -0.15) is 4.98 Å². The van der Waals surface area contributed by atoms with Crippen LogP contribution in [-0.2, 0) is 6.42 Å². The number of aromatic nitrogens is 2. The summed E-state index contributed by atoms with van der Waals surface area (Å²) in [6.45, 7) is 4.04. The molecule has 0 fully saturated rings. The van der Waals surface area contributed by atoms with E-state index in [0.717, 1.165) is 23.4 Å². The maximum atomic E-state index is 13.7. The van der Waals surface area contributed by atoms with Crippen molar-refractivity contribution in [3.8, 4) is 11.4 Å². The van der Waals surface area contributed by atoms with Gasteiger partial charge in [-0.05, 0) is 85.2 Å². The standard InChI is InChI=1S/C27H22F2N4OS/c1-3-17-5-4-6-22(15-17)33-16(2)23(24(30-27(33)35)18-7-11-20(28)12-8-18)26-31-25(32-34-26)19-9-13-21(29)14-10-19/h4-15,24H,3H2,1-2H3,(H,30,35). The molecule has 0 radical (unpaired) electrons. The number of halogens is 2. The third-order valence-electron chi connectivity index (χ3n) is 6.02. The van der Waals surface area contributed by atoms with Gasteiger partial charge in [-0.15, -0.1) is 0 Å². The zero-order chi connectivity index (χ0) is 24.5. The first-order valence-corrected chi connectivity index (χ1v) is 11.6. The lowest BCUT2D eigenvalue weighted by atomic mass is 9.94. The minimum atomic E-state index is -0.435. The number of aryl methyl sites for hydroxylation is 1. The van der Waals surface area contributed by atoms with Gasteiger partial charge in [-0.25, -0.2) is 8.78 Å². The SMILES string of the molecule is CCc1cccc(N2C(=S)NC(c3ccc(F)cc3)C(c3nc(-c4ccc(F)cc4)no3)=C2C)c1. The molecule has 4 aromatic rings. The average molecular weight is 489 g/mol. The van der Waals surface area contributed by atoms with E-state index in [4.69, 9.17) is 16.7 Å². The van der Waals surface area contributed by atoms with Crippen molar-refractivity contribution < 1.29 is 13.3 Å². The molecule has 0 saturated heterocycles. The van der Waals surface area contributed by atoms with E-state index in [1.165, 1.54) is 29.8 Å². The molecule has 176 valence electrons. The highest BCUT2D eigenvalue weighted by Gasteiger charge is 2.34. The van der Waals surface area contributed by atoms with Gasteiger partial charge in [0.05, 0.1) is 11.6 Å². The van der Waals surface area contributed by atoms with Crippen LogP contribution in [0, 0.1) is 11.6 Å². The maximum Gasteiger partial charge on any atom is 0.258 e. The number of hydrogen-bond acceptors (Lipinski definition) is 4. The maximum absolute atomic E-state index is 13.7. The fraction of sp³-hybridized carbons (Fsp3) is 0.148. The van der Waals surface area contributed by atoms with Crippen LogP contribution in [0.4, 0.5) is 14.5 Å². The summed E-state index contributed by atoms with van der Waals surface area (Å²) in [5.74, 6) is -0.0419. The largest absolute Gasteiger partial charge is 0.351 e. The number of anilines is 1. The van der Waals surface area contributed by atoms with Gasteiger partial charge in [-0.3, -0.25) is 4.90 Å². The van der Waals surface area contributed by atoms with E-state index >= 15 is 0 Å². The summed E-state index contributed by atoms with van der Waals surface area (Å²) < 4.78 is 32.8. The fourth-order valence-electron chi connectivity index (χ4n) is 4.20. The topological polar surface area (TPSA) is 54.2 Å². The Labute approximate surface area is 207 Å². The van der Waals surface area contributed by atoms with Crippen LogP contribution in [-0.4, -0.2) is 15.3 Å². The van der Waals surface area contributed by atoms with Crippen molar-refractivity contribution in [2.75, 3.05) is 4.90 Å². The summed E-state index contributed by atoms with van der Waals surface area (Å²) in [6.07, 6.45) is 0.889. The van der Waals surface area contributed by atoms with Crippen molar-refractivity contribution in [2.24, 2.45) is 0 Å². The molecule has 0 amide bonds. The van der Waals surface area contributed by atoms with Gasteiger partial charge < -0.3 is 9.84 Å². The third kappa shape index (κ3) is 4.44. The Morgan fingerprint density at radius 1 is 1.00 bits per heavy atom. The van der Waals surface area contributed by atoms with E-state index in [1.807, 2.05) is 24.0 Å². The molecule has 0 saturated carbocycles. The van der Waals surface area contributed by atoms with E-state index < -0.39 is 6.04 Å². The summed E-state index contributed by atoms with van der Waals surface area (Å²) in [5, 5.41) is 8.01. The lowest BCUT2D eigenvalue weighted by Crippen LogP contribution is -2.46. The first kappa shape index (κ1) is 22.9. The van der Waals surface area contributed by atoms with Crippen molar-refractivity contribution in [2.45, 2.75) is 26.3 Å². The number of nitrogens with zero attached hydrogens (tertiary/aromatic N) is 3.